The van der Waals surface area contributed by atoms with E-state index in [1.54, 1.807) is 49.4 Å². The van der Waals surface area contributed by atoms with Gasteiger partial charge in [0.2, 0.25) is 0 Å². The van der Waals surface area contributed by atoms with Gasteiger partial charge in [0.15, 0.2) is 0 Å². The van der Waals surface area contributed by atoms with E-state index in [0.717, 1.165) is 0 Å². The first-order valence-electron chi connectivity index (χ1n) is 8.09. The van der Waals surface area contributed by atoms with Crippen LogP contribution in [0.15, 0.2) is 62.6 Å². The minimum Gasteiger partial charge on any atom is -0.490 e. The van der Waals surface area contributed by atoms with Crippen molar-refractivity contribution in [3.05, 3.63) is 64.5 Å². The first kappa shape index (κ1) is 18.0. The van der Waals surface area contributed by atoms with Crippen LogP contribution in [0.4, 0.5) is 5.69 Å². The molecule has 0 radical (unpaired) electrons. The zero-order valence-electron chi connectivity index (χ0n) is 14.6. The van der Waals surface area contributed by atoms with Gasteiger partial charge in [-0.05, 0) is 57.2 Å². The van der Waals surface area contributed by atoms with E-state index in [1.807, 2.05) is 13.8 Å². The molecular weight excluding hydrogens is 354 g/mol. The predicted molar refractivity (Wildman–Crippen MR) is 100 cm³/mol. The van der Waals surface area contributed by atoms with Gasteiger partial charge in [-0.2, -0.15) is 0 Å². The summed E-state index contributed by atoms with van der Waals surface area (Å²) in [7, 11) is -3.84. The fraction of sp³-hybridized carbons (Fsp3) is 0.211. The summed E-state index contributed by atoms with van der Waals surface area (Å²) >= 11 is 0. The predicted octanol–water partition coefficient (Wildman–Crippen LogP) is 3.69. The molecule has 26 heavy (non-hydrogen) atoms. The number of hydrogen-bond acceptors (Lipinski definition) is 5. The number of aryl methyl sites for hydroxylation is 1. The number of rotatable bonds is 5. The van der Waals surface area contributed by atoms with Crippen LogP contribution in [0.1, 0.15) is 19.4 Å². The van der Waals surface area contributed by atoms with Crippen molar-refractivity contribution in [2.75, 3.05) is 4.72 Å². The molecule has 0 unspecified atom stereocenters. The summed E-state index contributed by atoms with van der Waals surface area (Å²) in [5.41, 5.74) is 0.802. The lowest BCUT2D eigenvalue weighted by molar-refractivity contribution is 0.236. The van der Waals surface area contributed by atoms with E-state index in [-0.39, 0.29) is 16.7 Å². The molecule has 0 aliphatic rings. The van der Waals surface area contributed by atoms with Gasteiger partial charge in [0.1, 0.15) is 16.2 Å². The van der Waals surface area contributed by atoms with Crippen LogP contribution in [-0.4, -0.2) is 14.5 Å². The number of sulfonamides is 1. The van der Waals surface area contributed by atoms with Crippen LogP contribution in [0.2, 0.25) is 0 Å². The second kappa shape index (κ2) is 6.84. The van der Waals surface area contributed by atoms with Gasteiger partial charge >= 0.3 is 5.63 Å². The number of ether oxygens (including phenoxy) is 1. The molecule has 136 valence electrons. The Bertz CT molecular complexity index is 1120. The molecule has 0 aliphatic heterocycles. The molecule has 0 spiro atoms. The van der Waals surface area contributed by atoms with Gasteiger partial charge in [-0.3, -0.25) is 4.72 Å². The first-order valence-corrected chi connectivity index (χ1v) is 9.57. The molecule has 1 aromatic heterocycles. The van der Waals surface area contributed by atoms with Crippen molar-refractivity contribution < 1.29 is 17.6 Å². The molecule has 0 saturated heterocycles. The lowest BCUT2D eigenvalue weighted by Crippen LogP contribution is -2.16. The molecule has 0 aliphatic carbocycles. The lowest BCUT2D eigenvalue weighted by Gasteiger charge is -2.15. The van der Waals surface area contributed by atoms with Crippen molar-refractivity contribution in [2.45, 2.75) is 31.8 Å². The summed E-state index contributed by atoms with van der Waals surface area (Å²) in [4.78, 5) is 11.6. The number of nitrogens with one attached hydrogen (secondary N) is 1. The Hall–Kier alpha value is -2.80. The topological polar surface area (TPSA) is 85.6 Å². The Labute approximate surface area is 151 Å². The second-order valence-electron chi connectivity index (χ2n) is 6.19. The van der Waals surface area contributed by atoms with Gasteiger partial charge in [-0.15, -0.1) is 0 Å². The third-order valence-corrected chi connectivity index (χ3v) is 5.08. The minimum atomic E-state index is -3.84. The van der Waals surface area contributed by atoms with E-state index >= 15 is 0 Å². The molecule has 3 rings (SSSR count). The van der Waals surface area contributed by atoms with Crippen molar-refractivity contribution in [3.63, 3.8) is 0 Å². The van der Waals surface area contributed by atoms with E-state index in [9.17, 15) is 13.2 Å². The standard InChI is InChI=1S/C19H19NO5S/c1-12(2)24-17-6-4-5-7-18(17)26(22,23)20-15-8-9-16-14(11-15)10-13(3)19(21)25-16/h4-12,20H,1-3H3. The normalized spacial score (nSPS) is 11.7. The van der Waals surface area contributed by atoms with E-state index in [1.165, 1.54) is 6.07 Å². The summed E-state index contributed by atoms with van der Waals surface area (Å²) in [5, 5.41) is 0.633. The van der Waals surface area contributed by atoms with Gasteiger partial charge in [0, 0.05) is 16.6 Å². The van der Waals surface area contributed by atoms with Gasteiger partial charge in [-0.1, -0.05) is 12.1 Å². The van der Waals surface area contributed by atoms with Gasteiger partial charge in [-0.25, -0.2) is 13.2 Å². The second-order valence-corrected chi connectivity index (χ2v) is 7.84. The van der Waals surface area contributed by atoms with Crippen LogP contribution in [-0.2, 0) is 10.0 Å². The zero-order chi connectivity index (χ0) is 18.9. The van der Waals surface area contributed by atoms with Crippen LogP contribution in [0, 0.1) is 6.92 Å². The number of benzene rings is 2. The summed E-state index contributed by atoms with van der Waals surface area (Å²) < 4.78 is 38.9. The van der Waals surface area contributed by atoms with Gasteiger partial charge in [0.25, 0.3) is 10.0 Å². The zero-order valence-corrected chi connectivity index (χ0v) is 15.5. The smallest absolute Gasteiger partial charge is 0.339 e. The highest BCUT2D eigenvalue weighted by atomic mass is 32.2. The van der Waals surface area contributed by atoms with E-state index in [4.69, 9.17) is 9.15 Å². The van der Waals surface area contributed by atoms with E-state index in [0.29, 0.717) is 22.2 Å². The maximum Gasteiger partial charge on any atom is 0.339 e. The summed E-state index contributed by atoms with van der Waals surface area (Å²) in [6.07, 6.45) is -0.155. The fourth-order valence-electron chi connectivity index (χ4n) is 2.52. The summed E-state index contributed by atoms with van der Waals surface area (Å²) in [6.45, 7) is 5.30. The molecule has 7 heteroatoms. The molecule has 0 saturated carbocycles. The molecule has 3 aromatic rings. The molecule has 0 amide bonds. The Kier molecular flexibility index (Phi) is 4.73. The average molecular weight is 373 g/mol. The van der Waals surface area contributed by atoms with Crippen LogP contribution in [0.25, 0.3) is 11.0 Å². The highest BCUT2D eigenvalue weighted by molar-refractivity contribution is 7.92. The minimum absolute atomic E-state index is 0.0598. The Morgan fingerprint density at radius 1 is 1.08 bits per heavy atom. The maximum atomic E-state index is 12.8. The first-order chi connectivity index (χ1) is 12.3. The molecule has 1 heterocycles. The van der Waals surface area contributed by atoms with E-state index in [2.05, 4.69) is 4.72 Å². The third-order valence-electron chi connectivity index (χ3n) is 3.66. The quantitative estimate of drug-likeness (QED) is 0.690. The summed E-state index contributed by atoms with van der Waals surface area (Å²) in [6, 6.07) is 12.9. The fourth-order valence-corrected chi connectivity index (χ4v) is 3.71. The highest BCUT2D eigenvalue weighted by Crippen LogP contribution is 2.27. The molecular formula is C19H19NO5S. The lowest BCUT2D eigenvalue weighted by atomic mass is 10.2. The Balaban J connectivity index is 1.99. The number of anilines is 1. The molecule has 0 fully saturated rings. The Morgan fingerprint density at radius 3 is 2.54 bits per heavy atom. The van der Waals surface area contributed by atoms with Gasteiger partial charge < -0.3 is 9.15 Å². The van der Waals surface area contributed by atoms with Crippen molar-refractivity contribution in [3.8, 4) is 5.75 Å². The molecule has 6 nitrogen and oxygen atoms in total. The van der Waals surface area contributed by atoms with E-state index < -0.39 is 15.6 Å². The van der Waals surface area contributed by atoms with Crippen LogP contribution >= 0.6 is 0 Å². The van der Waals surface area contributed by atoms with Crippen molar-refractivity contribution in [1.82, 2.24) is 0 Å². The van der Waals surface area contributed by atoms with Crippen molar-refractivity contribution >= 4 is 26.7 Å². The monoisotopic (exact) mass is 373 g/mol. The van der Waals surface area contributed by atoms with Crippen LogP contribution < -0.4 is 15.1 Å². The number of hydrogen-bond donors (Lipinski definition) is 1. The van der Waals surface area contributed by atoms with Crippen LogP contribution in [0.3, 0.4) is 0 Å². The number of fused-ring (bicyclic) bond motifs is 1. The van der Waals surface area contributed by atoms with Gasteiger partial charge in [0.05, 0.1) is 6.10 Å². The maximum absolute atomic E-state index is 12.8. The molecule has 0 bridgehead atoms. The third kappa shape index (κ3) is 3.72. The average Bonchev–Trinajstić information content (AvgIpc) is 2.56. The number of para-hydroxylation sites is 1. The molecule has 0 atom stereocenters. The largest absolute Gasteiger partial charge is 0.490 e. The highest BCUT2D eigenvalue weighted by Gasteiger charge is 2.20. The van der Waals surface area contributed by atoms with Crippen molar-refractivity contribution in [1.29, 1.82) is 0 Å². The SMILES string of the molecule is Cc1cc2cc(NS(=O)(=O)c3ccccc3OC(C)C)ccc2oc1=O. The summed E-state index contributed by atoms with van der Waals surface area (Å²) in [5.74, 6) is 0.289. The Morgan fingerprint density at radius 2 is 1.81 bits per heavy atom. The molecule has 1 N–H and O–H groups in total. The van der Waals surface area contributed by atoms with Crippen LogP contribution in [0.5, 0.6) is 5.75 Å². The molecule has 2 aromatic carbocycles. The van der Waals surface area contributed by atoms with Crippen molar-refractivity contribution in [2.24, 2.45) is 0 Å².